The van der Waals surface area contributed by atoms with E-state index in [9.17, 15) is 5.11 Å². The van der Waals surface area contributed by atoms with Gasteiger partial charge in [0, 0.05) is 6.61 Å². The van der Waals surface area contributed by atoms with Gasteiger partial charge in [-0.3, -0.25) is 0 Å². The maximum Gasteiger partial charge on any atom is 0.225 e. The van der Waals surface area contributed by atoms with E-state index in [2.05, 4.69) is 48.8 Å². The molecule has 2 heterocycles. The highest BCUT2D eigenvalue weighted by molar-refractivity contribution is 6.74. The number of fused-ring (bicyclic) bond motifs is 1. The third-order valence-electron chi connectivity index (χ3n) is 4.65. The quantitative estimate of drug-likeness (QED) is 0.456. The second kappa shape index (κ2) is 7.25. The molecule has 0 aliphatic heterocycles. The van der Waals surface area contributed by atoms with Crippen LogP contribution >= 0.6 is 23.2 Å². The summed E-state index contributed by atoms with van der Waals surface area (Å²) in [5.74, 6) is 0. The van der Waals surface area contributed by atoms with Crippen LogP contribution in [0.3, 0.4) is 0 Å². The monoisotopic (exact) mass is 390 g/mol. The first-order chi connectivity index (χ1) is 11.1. The van der Waals surface area contributed by atoms with E-state index >= 15 is 0 Å². The van der Waals surface area contributed by atoms with Crippen molar-refractivity contribution >= 4 is 42.7 Å². The lowest BCUT2D eigenvalue weighted by Gasteiger charge is -2.37. The highest BCUT2D eigenvalue weighted by atomic mass is 35.5. The highest BCUT2D eigenvalue weighted by Gasteiger charge is 2.37. The summed E-state index contributed by atoms with van der Waals surface area (Å²) in [6, 6.07) is -0.101. The van der Waals surface area contributed by atoms with Crippen LogP contribution in [0.2, 0.25) is 28.6 Å². The zero-order chi connectivity index (χ0) is 18.1. The molecule has 0 saturated carbocycles. The lowest BCUT2D eigenvalue weighted by molar-refractivity contribution is 0.191. The highest BCUT2D eigenvalue weighted by Crippen LogP contribution is 2.37. The van der Waals surface area contributed by atoms with Crippen molar-refractivity contribution < 1.29 is 9.53 Å². The molecule has 1 N–H and O–H groups in total. The molecule has 6 nitrogen and oxygen atoms in total. The van der Waals surface area contributed by atoms with Gasteiger partial charge in [-0.25, -0.2) is 9.97 Å². The van der Waals surface area contributed by atoms with Crippen LogP contribution < -0.4 is 0 Å². The maximum absolute atomic E-state index is 9.44. The zero-order valence-corrected chi connectivity index (χ0v) is 17.2. The predicted molar refractivity (Wildman–Crippen MR) is 99.2 cm³/mol. The summed E-state index contributed by atoms with van der Waals surface area (Å²) >= 11 is 12.0. The van der Waals surface area contributed by atoms with Gasteiger partial charge < -0.3 is 14.1 Å². The van der Waals surface area contributed by atoms with Crippen LogP contribution in [0.15, 0.2) is 6.33 Å². The van der Waals surface area contributed by atoms with Crippen molar-refractivity contribution in [2.24, 2.45) is 0 Å². The Morgan fingerprint density at radius 2 is 1.96 bits per heavy atom. The fourth-order valence-electron chi connectivity index (χ4n) is 2.10. The first-order valence-electron chi connectivity index (χ1n) is 7.87. The van der Waals surface area contributed by atoms with Gasteiger partial charge in [0.25, 0.3) is 0 Å². The Balaban J connectivity index is 2.32. The van der Waals surface area contributed by atoms with Crippen molar-refractivity contribution in [2.75, 3.05) is 13.2 Å². The van der Waals surface area contributed by atoms with E-state index in [4.69, 9.17) is 27.6 Å². The third kappa shape index (κ3) is 4.08. The van der Waals surface area contributed by atoms with E-state index in [-0.39, 0.29) is 28.1 Å². The molecule has 134 valence electrons. The Kier molecular flexibility index (Phi) is 5.92. The number of aliphatic hydroxyl groups excluding tert-OH is 1. The first-order valence-corrected chi connectivity index (χ1v) is 11.5. The number of hydrogen-bond acceptors (Lipinski definition) is 5. The van der Waals surface area contributed by atoms with Gasteiger partial charge in [0.2, 0.25) is 5.28 Å². The lowest BCUT2D eigenvalue weighted by Crippen LogP contribution is -2.42. The van der Waals surface area contributed by atoms with E-state index in [0.29, 0.717) is 24.2 Å². The summed E-state index contributed by atoms with van der Waals surface area (Å²) in [5.41, 5.74) is 1.05. The Morgan fingerprint density at radius 3 is 2.54 bits per heavy atom. The molecule has 0 amide bonds. The Bertz CT molecular complexity index is 715. The van der Waals surface area contributed by atoms with Crippen LogP contribution in [0, 0.1) is 0 Å². The van der Waals surface area contributed by atoms with Crippen molar-refractivity contribution in [3.8, 4) is 0 Å². The summed E-state index contributed by atoms with van der Waals surface area (Å²) < 4.78 is 8.17. The van der Waals surface area contributed by atoms with Gasteiger partial charge in [0.1, 0.15) is 5.52 Å². The smallest absolute Gasteiger partial charge is 0.225 e. The van der Waals surface area contributed by atoms with Gasteiger partial charge in [0.05, 0.1) is 19.0 Å². The van der Waals surface area contributed by atoms with Crippen molar-refractivity contribution in [2.45, 2.75) is 51.4 Å². The van der Waals surface area contributed by atoms with Crippen molar-refractivity contribution in [3.63, 3.8) is 0 Å². The molecule has 2 aromatic rings. The molecular weight excluding hydrogens is 367 g/mol. The minimum Gasteiger partial charge on any atom is -0.415 e. The fourth-order valence-corrected chi connectivity index (χ4v) is 3.56. The molecule has 24 heavy (non-hydrogen) atoms. The van der Waals surface area contributed by atoms with E-state index in [1.165, 1.54) is 0 Å². The van der Waals surface area contributed by atoms with E-state index in [0.717, 1.165) is 0 Å². The van der Waals surface area contributed by atoms with Gasteiger partial charge in [-0.15, -0.1) is 0 Å². The largest absolute Gasteiger partial charge is 0.415 e. The number of aliphatic hydroxyl groups is 1. The third-order valence-corrected chi connectivity index (χ3v) is 9.58. The van der Waals surface area contributed by atoms with Gasteiger partial charge in [0.15, 0.2) is 19.1 Å². The summed E-state index contributed by atoms with van der Waals surface area (Å²) in [6.45, 7) is 11.5. The number of imidazole rings is 1. The average molecular weight is 391 g/mol. The Hall–Kier alpha value is -0.733. The molecule has 0 spiro atoms. The Morgan fingerprint density at radius 1 is 1.29 bits per heavy atom. The van der Waals surface area contributed by atoms with E-state index in [1.54, 1.807) is 6.33 Å². The molecule has 2 rings (SSSR count). The molecule has 0 aliphatic rings. The summed E-state index contributed by atoms with van der Waals surface area (Å²) in [6.07, 6.45) is 2.18. The number of rotatable bonds is 6. The topological polar surface area (TPSA) is 73.1 Å². The summed E-state index contributed by atoms with van der Waals surface area (Å²) in [7, 11) is -1.90. The van der Waals surface area contributed by atoms with Crippen LogP contribution in [0.25, 0.3) is 11.2 Å². The minimum absolute atomic E-state index is 0.0394. The number of nitrogens with zero attached hydrogens (tertiary/aromatic N) is 4. The molecule has 0 aromatic carbocycles. The lowest BCUT2D eigenvalue weighted by atomic mass is 10.2. The van der Waals surface area contributed by atoms with Crippen molar-refractivity contribution in [1.82, 2.24) is 19.5 Å². The van der Waals surface area contributed by atoms with Crippen LogP contribution in [0.1, 0.15) is 33.2 Å². The minimum atomic E-state index is -1.90. The molecule has 9 heteroatoms. The zero-order valence-electron chi connectivity index (χ0n) is 14.7. The van der Waals surface area contributed by atoms with Crippen LogP contribution in [-0.4, -0.2) is 46.2 Å². The second-order valence-corrected chi connectivity index (χ2v) is 12.9. The molecule has 2 aromatic heterocycles. The van der Waals surface area contributed by atoms with Crippen molar-refractivity contribution in [3.05, 3.63) is 16.8 Å². The summed E-state index contributed by atoms with van der Waals surface area (Å²) in [4.78, 5) is 12.4. The van der Waals surface area contributed by atoms with E-state index < -0.39 is 8.32 Å². The van der Waals surface area contributed by atoms with Crippen LogP contribution in [0.5, 0.6) is 0 Å². The standard InChI is InChI=1S/C15H24Cl2N4O2Si/c1-15(2,3)24(4,5)23-8-10(6-7-22)21-9-18-11-12(16)19-14(17)20-13(11)21/h9-10,22H,6-8H2,1-5H3/t10-/m1/s1. The number of halogens is 2. The van der Waals surface area contributed by atoms with Gasteiger partial charge in [-0.1, -0.05) is 32.4 Å². The Labute approximate surface area is 153 Å². The van der Waals surface area contributed by atoms with Gasteiger partial charge >= 0.3 is 0 Å². The summed E-state index contributed by atoms with van der Waals surface area (Å²) in [5, 5.41) is 9.85. The second-order valence-electron chi connectivity index (χ2n) is 7.34. The van der Waals surface area contributed by atoms with Crippen molar-refractivity contribution in [1.29, 1.82) is 0 Å². The molecule has 0 bridgehead atoms. The fraction of sp³-hybridized carbons (Fsp3) is 0.667. The molecule has 0 aliphatic carbocycles. The molecular formula is C15H24Cl2N4O2Si. The van der Waals surface area contributed by atoms with Gasteiger partial charge in [-0.2, -0.15) is 4.98 Å². The van der Waals surface area contributed by atoms with Gasteiger partial charge in [-0.05, 0) is 36.2 Å². The van der Waals surface area contributed by atoms with E-state index in [1.807, 2.05) is 4.57 Å². The molecule has 0 unspecified atom stereocenters. The first kappa shape index (κ1) is 19.6. The molecule has 1 atom stereocenters. The SMILES string of the molecule is CC(C)(C)[Si](C)(C)OC[C@@H](CCO)n1cnc2c(Cl)nc(Cl)nc21. The normalized spacial score (nSPS) is 14.3. The number of hydrogen-bond donors (Lipinski definition) is 1. The predicted octanol–water partition coefficient (Wildman–Crippen LogP) is 4.08. The molecule has 0 fully saturated rings. The van der Waals surface area contributed by atoms with Crippen LogP contribution in [0.4, 0.5) is 0 Å². The number of aromatic nitrogens is 4. The van der Waals surface area contributed by atoms with Crippen LogP contribution in [-0.2, 0) is 4.43 Å². The molecule has 0 radical (unpaired) electrons. The maximum atomic E-state index is 9.44. The average Bonchev–Trinajstić information content (AvgIpc) is 2.86. The molecule has 0 saturated heterocycles.